The molecule has 0 aliphatic rings. The molecule has 0 spiro atoms. The highest BCUT2D eigenvalue weighted by Crippen LogP contribution is 2.40. The minimum absolute atomic E-state index is 0.0597. The fraction of sp³-hybridized carbons (Fsp3) is 0.538. The number of nitrogens with two attached hydrogens (primary N) is 1. The maximum Gasteiger partial charge on any atom is 0.412 e. The van der Waals surface area contributed by atoms with Crippen LogP contribution < -0.4 is 15.5 Å². The Morgan fingerprint density at radius 2 is 1.66 bits per heavy atom. The average molecular weight is 500 g/mol. The number of aromatic nitrogens is 1. The van der Waals surface area contributed by atoms with Crippen molar-refractivity contribution in [3.05, 3.63) is 36.4 Å². The molecular weight excluding hydrogens is 458 g/mol. The highest BCUT2D eigenvalue weighted by molar-refractivity contribution is 6.74. The van der Waals surface area contributed by atoms with Gasteiger partial charge in [-0.2, -0.15) is 0 Å². The van der Waals surface area contributed by atoms with E-state index in [-0.39, 0.29) is 10.9 Å². The lowest BCUT2D eigenvalue weighted by atomic mass is 10.1. The van der Waals surface area contributed by atoms with Gasteiger partial charge in [-0.05, 0) is 48.8 Å². The molecule has 9 heteroatoms. The maximum atomic E-state index is 12.0. The van der Waals surface area contributed by atoms with Crippen LogP contribution in [0.15, 0.2) is 46.6 Å². The smallest absolute Gasteiger partial charge is 0.412 e. The van der Waals surface area contributed by atoms with E-state index >= 15 is 0 Å². The molecular formula is C26H41N5O3Si. The van der Waals surface area contributed by atoms with Crippen molar-refractivity contribution in [2.24, 2.45) is 10.2 Å². The Morgan fingerprint density at radius 3 is 2.34 bits per heavy atom. The summed E-state index contributed by atoms with van der Waals surface area (Å²) >= 11 is 0. The van der Waals surface area contributed by atoms with Crippen LogP contribution in [-0.2, 0) is 4.74 Å². The van der Waals surface area contributed by atoms with Crippen molar-refractivity contribution in [3.63, 3.8) is 0 Å². The molecule has 0 unspecified atom stereocenters. The summed E-state index contributed by atoms with van der Waals surface area (Å²) in [5.41, 5.74) is 7.08. The third-order valence-corrected chi connectivity index (χ3v) is 10.5. The molecule has 0 atom stereocenters. The zero-order valence-electron chi connectivity index (χ0n) is 22.1. The van der Waals surface area contributed by atoms with Gasteiger partial charge in [-0.25, -0.2) is 9.78 Å². The molecule has 1 aromatic heterocycles. The number of unbranched alkanes of at least 4 members (excludes halogenated alkanes) is 5. The second kappa shape index (κ2) is 13.2. The lowest BCUT2D eigenvalue weighted by Gasteiger charge is -2.36. The Balaban J connectivity index is 1.96. The zero-order chi connectivity index (χ0) is 25.9. The van der Waals surface area contributed by atoms with E-state index in [4.69, 9.17) is 14.9 Å². The fourth-order valence-electron chi connectivity index (χ4n) is 2.97. The number of ether oxygens (including phenoxy) is 1. The normalized spacial score (nSPS) is 12.1. The number of carbonyl (C=O) groups is 1. The second-order valence-corrected chi connectivity index (χ2v) is 14.9. The van der Waals surface area contributed by atoms with Gasteiger partial charge in [0.15, 0.2) is 5.82 Å². The third-order valence-electron chi connectivity index (χ3n) is 6.17. The van der Waals surface area contributed by atoms with Crippen molar-refractivity contribution in [1.82, 2.24) is 4.98 Å². The van der Waals surface area contributed by atoms with Gasteiger partial charge in [0.1, 0.15) is 22.9 Å². The zero-order valence-corrected chi connectivity index (χ0v) is 23.1. The number of hydrogen-bond donors (Lipinski definition) is 2. The molecule has 2 aromatic rings. The van der Waals surface area contributed by atoms with Crippen molar-refractivity contribution >= 4 is 37.4 Å². The monoisotopic (exact) mass is 499 g/mol. The van der Waals surface area contributed by atoms with Crippen LogP contribution in [0.5, 0.6) is 5.75 Å². The summed E-state index contributed by atoms with van der Waals surface area (Å²) in [6.45, 7) is 13.5. The van der Waals surface area contributed by atoms with E-state index in [1.54, 1.807) is 12.1 Å². The summed E-state index contributed by atoms with van der Waals surface area (Å²) in [6, 6.07) is 10.8. The van der Waals surface area contributed by atoms with Crippen LogP contribution in [0.3, 0.4) is 0 Å². The summed E-state index contributed by atoms with van der Waals surface area (Å²) in [5.74, 6) is 1.15. The average Bonchev–Trinajstić information content (AvgIpc) is 2.78. The molecule has 0 aliphatic heterocycles. The highest BCUT2D eigenvalue weighted by Gasteiger charge is 2.39. The molecule has 1 amide bonds. The van der Waals surface area contributed by atoms with E-state index in [0.29, 0.717) is 29.5 Å². The number of anilines is 2. The van der Waals surface area contributed by atoms with E-state index in [1.165, 1.54) is 25.7 Å². The summed E-state index contributed by atoms with van der Waals surface area (Å²) < 4.78 is 11.6. The molecule has 0 saturated carbocycles. The van der Waals surface area contributed by atoms with Gasteiger partial charge in [-0.1, -0.05) is 71.9 Å². The maximum absolute atomic E-state index is 12.0. The van der Waals surface area contributed by atoms with Gasteiger partial charge in [0.25, 0.3) is 8.32 Å². The number of nitrogen functional groups attached to an aromatic ring is 1. The molecule has 8 nitrogen and oxygen atoms in total. The number of amides is 1. The number of rotatable bonds is 12. The minimum atomic E-state index is -2.03. The number of hydrogen-bond acceptors (Lipinski definition) is 7. The van der Waals surface area contributed by atoms with Crippen LogP contribution in [0.2, 0.25) is 18.1 Å². The van der Waals surface area contributed by atoms with Crippen molar-refractivity contribution in [1.29, 1.82) is 0 Å². The van der Waals surface area contributed by atoms with E-state index in [0.717, 1.165) is 12.8 Å². The molecule has 2 rings (SSSR count). The Hall–Kier alpha value is -2.94. The van der Waals surface area contributed by atoms with Gasteiger partial charge < -0.3 is 14.9 Å². The number of nitrogens with zero attached hydrogens (tertiary/aromatic N) is 3. The molecule has 0 aliphatic carbocycles. The summed E-state index contributed by atoms with van der Waals surface area (Å²) in [5, 5.41) is 11.3. The Morgan fingerprint density at radius 1 is 1.00 bits per heavy atom. The lowest BCUT2D eigenvalue weighted by molar-refractivity contribution is 0.159. The van der Waals surface area contributed by atoms with Crippen LogP contribution >= 0.6 is 0 Å². The first-order valence-corrected chi connectivity index (χ1v) is 15.3. The van der Waals surface area contributed by atoms with E-state index < -0.39 is 14.4 Å². The summed E-state index contributed by atoms with van der Waals surface area (Å²) in [7, 11) is -2.03. The van der Waals surface area contributed by atoms with Crippen molar-refractivity contribution in [3.8, 4) is 5.75 Å². The molecule has 1 heterocycles. The Bertz CT molecular complexity index is 989. The van der Waals surface area contributed by atoms with E-state index in [1.807, 2.05) is 24.3 Å². The molecule has 0 bridgehead atoms. The van der Waals surface area contributed by atoms with Gasteiger partial charge in [0.05, 0.1) is 6.61 Å². The molecule has 35 heavy (non-hydrogen) atoms. The molecule has 0 fully saturated rings. The standard InChI is InChI=1S/C26H41N5O3Si/c1-7-8-9-10-11-14-19-33-25(32)29-23-18-17-21(24(27)28-23)31-30-20-15-12-13-16-22(20)34-35(5,6)26(2,3)4/h12-13,15-18H,7-11,14,19H2,1-6H3,(H3,27,28,29,32). The predicted octanol–water partition coefficient (Wildman–Crippen LogP) is 8.37. The van der Waals surface area contributed by atoms with Crippen LogP contribution in [0.25, 0.3) is 0 Å². The van der Waals surface area contributed by atoms with Gasteiger partial charge in [0, 0.05) is 0 Å². The second-order valence-electron chi connectivity index (χ2n) is 10.2. The molecule has 192 valence electrons. The summed E-state index contributed by atoms with van der Waals surface area (Å²) in [4.78, 5) is 16.2. The van der Waals surface area contributed by atoms with Crippen molar-refractivity contribution in [2.75, 3.05) is 17.7 Å². The predicted molar refractivity (Wildman–Crippen MR) is 145 cm³/mol. The Kier molecular flexibility index (Phi) is 10.7. The molecule has 3 N–H and O–H groups in total. The van der Waals surface area contributed by atoms with Gasteiger partial charge in [0.2, 0.25) is 0 Å². The van der Waals surface area contributed by atoms with Crippen LogP contribution in [0.1, 0.15) is 66.2 Å². The number of para-hydroxylation sites is 1. The first-order chi connectivity index (χ1) is 16.5. The number of benzene rings is 1. The van der Waals surface area contributed by atoms with E-state index in [2.05, 4.69) is 61.3 Å². The summed E-state index contributed by atoms with van der Waals surface area (Å²) in [6.07, 6.45) is 6.23. The van der Waals surface area contributed by atoms with Crippen LogP contribution in [0, 0.1) is 0 Å². The molecule has 0 radical (unpaired) electrons. The lowest BCUT2D eigenvalue weighted by Crippen LogP contribution is -2.43. The van der Waals surface area contributed by atoms with Crippen LogP contribution in [0.4, 0.5) is 27.8 Å². The van der Waals surface area contributed by atoms with Crippen LogP contribution in [-0.4, -0.2) is 26.0 Å². The number of carbonyl (C=O) groups excluding carboxylic acids is 1. The highest BCUT2D eigenvalue weighted by atomic mass is 28.4. The van der Waals surface area contributed by atoms with Crippen molar-refractivity contribution in [2.45, 2.75) is 84.4 Å². The quantitative estimate of drug-likeness (QED) is 0.173. The largest absolute Gasteiger partial charge is 0.542 e. The number of azo groups is 1. The Labute approximate surface area is 210 Å². The number of pyridine rings is 1. The van der Waals surface area contributed by atoms with Gasteiger partial charge >= 0.3 is 6.09 Å². The minimum Gasteiger partial charge on any atom is -0.542 e. The molecule has 0 saturated heterocycles. The fourth-order valence-corrected chi connectivity index (χ4v) is 4.00. The van der Waals surface area contributed by atoms with Gasteiger partial charge in [-0.3, -0.25) is 5.32 Å². The van der Waals surface area contributed by atoms with Crippen molar-refractivity contribution < 1.29 is 14.0 Å². The first-order valence-electron chi connectivity index (χ1n) is 12.4. The van der Waals surface area contributed by atoms with E-state index in [9.17, 15) is 4.79 Å². The third kappa shape index (κ3) is 9.31. The number of nitrogens with one attached hydrogen (secondary N) is 1. The van der Waals surface area contributed by atoms with Gasteiger partial charge in [-0.15, -0.1) is 10.2 Å². The first kappa shape index (κ1) is 28.3. The topological polar surface area (TPSA) is 111 Å². The molecule has 1 aromatic carbocycles. The SMILES string of the molecule is CCCCCCCCOC(=O)Nc1ccc(N=Nc2ccccc2O[Si](C)(C)C(C)(C)C)c(N)n1.